The Bertz CT molecular complexity index is 343. The molecule has 0 radical (unpaired) electrons. The van der Waals surface area contributed by atoms with Gasteiger partial charge in [0.2, 0.25) is 0 Å². The van der Waals surface area contributed by atoms with Crippen LogP contribution in [0.15, 0.2) is 0 Å². The first-order valence-electron chi connectivity index (χ1n) is 5.67. The summed E-state index contributed by atoms with van der Waals surface area (Å²) < 4.78 is 16.5. The second-order valence-corrected chi connectivity index (χ2v) is 6.85. The average Bonchev–Trinajstić information content (AvgIpc) is 2.47. The lowest BCUT2D eigenvalue weighted by Gasteiger charge is -2.30. The van der Waals surface area contributed by atoms with Crippen molar-refractivity contribution in [1.82, 2.24) is 0 Å². The summed E-state index contributed by atoms with van der Waals surface area (Å²) in [5.41, 5.74) is 0. The molecule has 0 aliphatic rings. The summed E-state index contributed by atoms with van der Waals surface area (Å²) in [5, 5.41) is -0.950. The highest BCUT2D eigenvalue weighted by Gasteiger charge is 2.36. The summed E-state index contributed by atoms with van der Waals surface area (Å²) in [4.78, 5) is 34.2. The van der Waals surface area contributed by atoms with Crippen LogP contribution < -0.4 is 0 Å². The zero-order chi connectivity index (χ0) is 16.4. The van der Waals surface area contributed by atoms with Gasteiger partial charge < -0.3 is 14.2 Å². The van der Waals surface area contributed by atoms with Crippen molar-refractivity contribution in [2.45, 2.75) is 25.2 Å². The molecule has 2 atom stereocenters. The third-order valence-corrected chi connectivity index (χ3v) is 4.76. The fourth-order valence-corrected chi connectivity index (χ4v) is 3.10. The summed E-state index contributed by atoms with van der Waals surface area (Å²) in [6, 6.07) is 0. The van der Waals surface area contributed by atoms with E-state index in [4.69, 9.17) is 14.2 Å². The topological polar surface area (TPSA) is 78.9 Å². The van der Waals surface area contributed by atoms with Crippen molar-refractivity contribution in [2.24, 2.45) is 0 Å². The van der Waals surface area contributed by atoms with Gasteiger partial charge in [-0.25, -0.2) is 9.59 Å². The molecule has 0 saturated carbocycles. The Morgan fingerprint density at radius 2 is 1.29 bits per heavy atom. The molecule has 0 N–H and O–H groups in total. The molecule has 0 amide bonds. The van der Waals surface area contributed by atoms with E-state index in [1.54, 1.807) is 12.5 Å². The Morgan fingerprint density at radius 3 is 1.52 bits per heavy atom. The Hall–Kier alpha value is 0.570. The van der Waals surface area contributed by atoms with Crippen LogP contribution in [0.4, 0.5) is 9.59 Å². The van der Waals surface area contributed by atoms with E-state index in [0.29, 0.717) is 8.86 Å². The van der Waals surface area contributed by atoms with Crippen molar-refractivity contribution >= 4 is 85.3 Å². The van der Waals surface area contributed by atoms with E-state index in [9.17, 15) is 14.4 Å². The lowest BCUT2D eigenvalue weighted by Crippen LogP contribution is -2.46. The fraction of sp³-hybridized carbons (Fsp3) is 0.727. The zero-order valence-electron chi connectivity index (χ0n) is 11.7. The number of alkyl halides is 2. The number of esters is 1. The quantitative estimate of drug-likeness (QED) is 0.202. The molecule has 0 aliphatic carbocycles. The van der Waals surface area contributed by atoms with Crippen molar-refractivity contribution < 1.29 is 28.6 Å². The largest absolute Gasteiger partial charge is 0.455 e. The van der Waals surface area contributed by atoms with Crippen LogP contribution in [0.1, 0.15) is 6.92 Å². The fourth-order valence-electron chi connectivity index (χ4n) is 1.30. The van der Waals surface area contributed by atoms with Crippen LogP contribution >= 0.6 is 68.7 Å². The van der Waals surface area contributed by atoms with E-state index in [1.807, 2.05) is 45.2 Å². The summed E-state index contributed by atoms with van der Waals surface area (Å²) in [5.74, 6) is -0.523. The molecule has 0 aromatic heterocycles. The molecule has 0 unspecified atom stereocenters. The van der Waals surface area contributed by atoms with Crippen LogP contribution in [-0.2, 0) is 19.0 Å². The standard InChI is InChI=1S/C11H16I2O6S2/c1-6(14)17-9(7(4-12)18-10(15)20-2)8(5-13)19-11(16)21-3/h7-9H,4-5H2,1-3H3/t7-,8-/m1/s1. The van der Waals surface area contributed by atoms with Crippen molar-refractivity contribution in [3.8, 4) is 0 Å². The molecular weight excluding hydrogens is 546 g/mol. The van der Waals surface area contributed by atoms with Crippen molar-refractivity contribution in [3.05, 3.63) is 0 Å². The van der Waals surface area contributed by atoms with E-state index < -0.39 is 34.9 Å². The van der Waals surface area contributed by atoms with Gasteiger partial charge in [-0.2, -0.15) is 0 Å². The lowest BCUT2D eigenvalue weighted by molar-refractivity contribution is -0.158. The Balaban J connectivity index is 5.13. The average molecular weight is 562 g/mol. The molecule has 0 fully saturated rings. The Labute approximate surface area is 159 Å². The summed E-state index contributed by atoms with van der Waals surface area (Å²) in [6.07, 6.45) is 1.00. The predicted molar refractivity (Wildman–Crippen MR) is 101 cm³/mol. The molecule has 0 rings (SSSR count). The summed E-state index contributed by atoms with van der Waals surface area (Å²) >= 11 is 5.90. The molecule has 0 spiro atoms. The number of ether oxygens (including phenoxy) is 3. The minimum absolute atomic E-state index is 0.409. The smallest absolute Gasteiger partial charge is 0.367 e. The van der Waals surface area contributed by atoms with Crippen LogP contribution in [0.3, 0.4) is 0 Å². The summed E-state index contributed by atoms with van der Waals surface area (Å²) in [7, 11) is 0. The molecule has 0 aliphatic heterocycles. The van der Waals surface area contributed by atoms with Gasteiger partial charge in [-0.1, -0.05) is 45.2 Å². The molecule has 10 heteroatoms. The van der Waals surface area contributed by atoms with Gasteiger partial charge >= 0.3 is 16.6 Å². The SMILES string of the molecule is CSC(=O)O[C@H](CI)C(OC(C)=O)[C@@H](CI)OC(=O)SC. The number of hydrogen-bond donors (Lipinski definition) is 0. The first-order valence-corrected chi connectivity index (χ1v) is 11.2. The van der Waals surface area contributed by atoms with E-state index in [1.165, 1.54) is 6.92 Å². The number of carbonyl (C=O) groups excluding carboxylic acids is 3. The maximum atomic E-state index is 11.4. The normalized spacial score (nSPS) is 13.4. The zero-order valence-corrected chi connectivity index (χ0v) is 17.6. The summed E-state index contributed by atoms with van der Waals surface area (Å²) in [6.45, 7) is 1.26. The minimum Gasteiger partial charge on any atom is -0.455 e. The van der Waals surface area contributed by atoms with Crippen molar-refractivity contribution in [1.29, 1.82) is 0 Å². The van der Waals surface area contributed by atoms with Crippen LogP contribution in [0.25, 0.3) is 0 Å². The second kappa shape index (κ2) is 12.0. The first kappa shape index (κ1) is 21.6. The van der Waals surface area contributed by atoms with Gasteiger partial charge in [0.05, 0.1) is 0 Å². The third kappa shape index (κ3) is 8.69. The van der Waals surface area contributed by atoms with Gasteiger partial charge in [-0.05, 0) is 36.0 Å². The van der Waals surface area contributed by atoms with E-state index in [-0.39, 0.29) is 0 Å². The van der Waals surface area contributed by atoms with Crippen LogP contribution in [-0.4, -0.2) is 56.3 Å². The number of halogens is 2. The van der Waals surface area contributed by atoms with Gasteiger partial charge in [0.15, 0.2) is 18.3 Å². The van der Waals surface area contributed by atoms with E-state index in [2.05, 4.69) is 0 Å². The number of thioether (sulfide) groups is 2. The van der Waals surface area contributed by atoms with Crippen LogP contribution in [0.5, 0.6) is 0 Å². The molecular formula is C11H16I2O6S2. The van der Waals surface area contributed by atoms with Crippen molar-refractivity contribution in [2.75, 3.05) is 21.4 Å². The van der Waals surface area contributed by atoms with Gasteiger partial charge in [0.1, 0.15) is 0 Å². The van der Waals surface area contributed by atoms with E-state index in [0.717, 1.165) is 23.5 Å². The molecule has 0 aromatic carbocycles. The second-order valence-electron chi connectivity index (χ2n) is 3.60. The molecule has 0 saturated heterocycles. The van der Waals surface area contributed by atoms with Crippen molar-refractivity contribution in [3.63, 3.8) is 0 Å². The molecule has 0 aromatic rings. The Kier molecular flexibility index (Phi) is 12.4. The molecule has 122 valence electrons. The Morgan fingerprint density at radius 1 is 0.905 bits per heavy atom. The predicted octanol–water partition coefficient (Wildman–Crippen LogP) is 3.52. The van der Waals surface area contributed by atoms with Gasteiger partial charge in [0, 0.05) is 15.8 Å². The van der Waals surface area contributed by atoms with Crippen LogP contribution in [0.2, 0.25) is 0 Å². The van der Waals surface area contributed by atoms with Gasteiger partial charge in [-0.3, -0.25) is 4.79 Å². The maximum Gasteiger partial charge on any atom is 0.367 e. The van der Waals surface area contributed by atoms with Gasteiger partial charge in [-0.15, -0.1) is 0 Å². The first-order chi connectivity index (χ1) is 9.89. The molecule has 6 nitrogen and oxygen atoms in total. The third-order valence-electron chi connectivity index (χ3n) is 2.17. The van der Waals surface area contributed by atoms with Crippen LogP contribution in [0, 0.1) is 0 Å². The molecule has 0 heterocycles. The monoisotopic (exact) mass is 562 g/mol. The highest BCUT2D eigenvalue weighted by molar-refractivity contribution is 14.1. The lowest BCUT2D eigenvalue weighted by atomic mass is 10.1. The van der Waals surface area contributed by atoms with Gasteiger partial charge in [0.25, 0.3) is 0 Å². The maximum absolute atomic E-state index is 11.4. The highest BCUT2D eigenvalue weighted by Crippen LogP contribution is 2.20. The minimum atomic E-state index is -0.830. The highest BCUT2D eigenvalue weighted by atomic mass is 127. The van der Waals surface area contributed by atoms with E-state index >= 15 is 0 Å². The number of carbonyl (C=O) groups is 3. The molecule has 21 heavy (non-hydrogen) atoms. The number of rotatable bonds is 7. The molecule has 0 bridgehead atoms. The number of hydrogen-bond acceptors (Lipinski definition) is 8.